The predicted molar refractivity (Wildman–Crippen MR) is 114 cm³/mol. The van der Waals surface area contributed by atoms with Gasteiger partial charge in [-0.1, -0.05) is 45.2 Å². The van der Waals surface area contributed by atoms with Crippen LogP contribution in [0, 0.1) is 5.92 Å². The second kappa shape index (κ2) is 9.12. The molecule has 2 aromatic rings. The Balaban J connectivity index is 1.77. The van der Waals surface area contributed by atoms with Crippen molar-refractivity contribution in [3.8, 4) is 0 Å². The van der Waals surface area contributed by atoms with E-state index in [4.69, 9.17) is 23.2 Å². The Labute approximate surface area is 172 Å². The number of anilines is 2. The largest absolute Gasteiger partial charge is 0.370 e. The van der Waals surface area contributed by atoms with Crippen molar-refractivity contribution in [1.82, 2.24) is 0 Å². The van der Waals surface area contributed by atoms with Gasteiger partial charge in [0.2, 0.25) is 0 Å². The molecule has 26 heavy (non-hydrogen) atoms. The summed E-state index contributed by atoms with van der Waals surface area (Å²) in [7, 11) is 0. The first kappa shape index (κ1) is 19.5. The first-order valence-corrected chi connectivity index (χ1v) is 10.6. The van der Waals surface area contributed by atoms with E-state index < -0.39 is 0 Å². The molecule has 0 radical (unpaired) electrons. The SMILES string of the molecule is O=C(Nc1cc(Cl)ccc1N1CCC(CCBr)CC1)c1cccc(Cl)c1. The zero-order valence-corrected chi connectivity index (χ0v) is 17.4. The number of benzene rings is 2. The van der Waals surface area contributed by atoms with Crippen LogP contribution in [0.15, 0.2) is 42.5 Å². The van der Waals surface area contributed by atoms with Crippen LogP contribution in [0.4, 0.5) is 11.4 Å². The van der Waals surface area contributed by atoms with Crippen molar-refractivity contribution >= 4 is 56.4 Å². The molecule has 0 spiro atoms. The molecule has 3 rings (SSSR count). The fraction of sp³-hybridized carbons (Fsp3) is 0.350. The van der Waals surface area contributed by atoms with Crippen LogP contribution in [0.25, 0.3) is 0 Å². The van der Waals surface area contributed by atoms with Gasteiger partial charge in [0.15, 0.2) is 0 Å². The Bertz CT molecular complexity index is 776. The van der Waals surface area contributed by atoms with E-state index in [0.29, 0.717) is 15.6 Å². The van der Waals surface area contributed by atoms with Gasteiger partial charge in [0, 0.05) is 34.0 Å². The number of alkyl halides is 1. The van der Waals surface area contributed by atoms with E-state index in [1.165, 1.54) is 6.42 Å². The van der Waals surface area contributed by atoms with Gasteiger partial charge in [-0.2, -0.15) is 0 Å². The topological polar surface area (TPSA) is 32.3 Å². The van der Waals surface area contributed by atoms with Crippen LogP contribution in [0.5, 0.6) is 0 Å². The molecule has 0 atom stereocenters. The maximum absolute atomic E-state index is 12.6. The van der Waals surface area contributed by atoms with Gasteiger partial charge in [0.05, 0.1) is 11.4 Å². The molecule has 138 valence electrons. The summed E-state index contributed by atoms with van der Waals surface area (Å²) in [6, 6.07) is 12.6. The molecule has 1 N–H and O–H groups in total. The van der Waals surface area contributed by atoms with E-state index in [1.807, 2.05) is 18.2 Å². The summed E-state index contributed by atoms with van der Waals surface area (Å²) in [5.41, 5.74) is 2.28. The predicted octanol–water partition coefficient (Wildman–Crippen LogP) is 6.25. The molecule has 1 fully saturated rings. The van der Waals surface area contributed by atoms with Crippen molar-refractivity contribution < 1.29 is 4.79 Å². The molecule has 0 unspecified atom stereocenters. The fourth-order valence-electron chi connectivity index (χ4n) is 3.33. The summed E-state index contributed by atoms with van der Waals surface area (Å²) >= 11 is 15.7. The molecule has 1 aliphatic heterocycles. The highest BCUT2D eigenvalue weighted by atomic mass is 79.9. The molecule has 0 aliphatic carbocycles. The molecule has 3 nitrogen and oxygen atoms in total. The molecule has 0 saturated carbocycles. The number of rotatable bonds is 5. The molecular weight excluding hydrogens is 435 g/mol. The van der Waals surface area contributed by atoms with Crippen molar-refractivity contribution in [1.29, 1.82) is 0 Å². The third kappa shape index (κ3) is 4.93. The van der Waals surface area contributed by atoms with Gasteiger partial charge >= 0.3 is 0 Å². The quantitative estimate of drug-likeness (QED) is 0.540. The van der Waals surface area contributed by atoms with Crippen LogP contribution in [-0.4, -0.2) is 24.3 Å². The zero-order valence-electron chi connectivity index (χ0n) is 14.4. The molecule has 2 aromatic carbocycles. The van der Waals surface area contributed by atoms with E-state index in [-0.39, 0.29) is 5.91 Å². The van der Waals surface area contributed by atoms with Crippen LogP contribution >= 0.6 is 39.1 Å². The van der Waals surface area contributed by atoms with Gasteiger partial charge in [-0.3, -0.25) is 4.79 Å². The second-order valence-corrected chi connectivity index (χ2v) is 8.20. The Morgan fingerprint density at radius 3 is 2.54 bits per heavy atom. The lowest BCUT2D eigenvalue weighted by atomic mass is 9.94. The molecule has 1 aliphatic rings. The van der Waals surface area contributed by atoms with Crippen LogP contribution in [0.1, 0.15) is 29.6 Å². The Morgan fingerprint density at radius 1 is 1.12 bits per heavy atom. The highest BCUT2D eigenvalue weighted by molar-refractivity contribution is 9.09. The van der Waals surface area contributed by atoms with E-state index in [2.05, 4.69) is 26.1 Å². The minimum atomic E-state index is -0.190. The lowest BCUT2D eigenvalue weighted by Gasteiger charge is -2.34. The summed E-state index contributed by atoms with van der Waals surface area (Å²) in [6.07, 6.45) is 3.54. The smallest absolute Gasteiger partial charge is 0.255 e. The number of halogens is 3. The summed E-state index contributed by atoms with van der Waals surface area (Å²) < 4.78 is 0. The normalized spacial score (nSPS) is 15.1. The number of nitrogens with zero attached hydrogens (tertiary/aromatic N) is 1. The number of hydrogen-bond acceptors (Lipinski definition) is 2. The Kier molecular flexibility index (Phi) is 6.85. The average Bonchev–Trinajstić information content (AvgIpc) is 2.63. The van der Waals surface area contributed by atoms with Gasteiger partial charge in [-0.15, -0.1) is 0 Å². The number of nitrogens with one attached hydrogen (secondary N) is 1. The summed E-state index contributed by atoms with van der Waals surface area (Å²) in [5, 5.41) is 5.19. The average molecular weight is 456 g/mol. The third-order valence-electron chi connectivity index (χ3n) is 4.77. The Hall–Kier alpha value is -1.23. The maximum Gasteiger partial charge on any atom is 0.255 e. The van der Waals surface area contributed by atoms with E-state index in [0.717, 1.165) is 48.6 Å². The molecule has 1 amide bonds. The molecular formula is C20H21BrCl2N2O. The first-order chi connectivity index (χ1) is 12.6. The number of hydrogen-bond donors (Lipinski definition) is 1. The minimum Gasteiger partial charge on any atom is -0.370 e. The van der Waals surface area contributed by atoms with Crippen molar-refractivity contribution in [3.63, 3.8) is 0 Å². The lowest BCUT2D eigenvalue weighted by molar-refractivity contribution is 0.102. The second-order valence-electron chi connectivity index (χ2n) is 6.53. The standard InChI is InChI=1S/C20H21BrCl2N2O/c21-9-6-14-7-10-25(11-8-14)19-5-4-17(23)13-18(19)24-20(26)15-2-1-3-16(22)12-15/h1-5,12-14H,6-11H2,(H,24,26). The first-order valence-electron chi connectivity index (χ1n) is 8.74. The van der Waals surface area contributed by atoms with E-state index >= 15 is 0 Å². The minimum absolute atomic E-state index is 0.190. The van der Waals surface area contributed by atoms with E-state index in [9.17, 15) is 4.79 Å². The molecule has 6 heteroatoms. The van der Waals surface area contributed by atoms with Gasteiger partial charge < -0.3 is 10.2 Å². The van der Waals surface area contributed by atoms with Gasteiger partial charge in [-0.05, 0) is 61.6 Å². The fourth-order valence-corrected chi connectivity index (χ4v) is 4.34. The van der Waals surface area contributed by atoms with Crippen LogP contribution in [-0.2, 0) is 0 Å². The molecule has 1 saturated heterocycles. The van der Waals surface area contributed by atoms with Gasteiger partial charge in [0.1, 0.15) is 0 Å². The highest BCUT2D eigenvalue weighted by Gasteiger charge is 2.21. The number of carbonyl (C=O) groups excluding carboxylic acids is 1. The van der Waals surface area contributed by atoms with Crippen molar-refractivity contribution in [3.05, 3.63) is 58.1 Å². The third-order valence-corrected chi connectivity index (χ3v) is 5.69. The van der Waals surface area contributed by atoms with Crippen LogP contribution in [0.2, 0.25) is 10.0 Å². The van der Waals surface area contributed by atoms with Crippen molar-refractivity contribution in [2.75, 3.05) is 28.6 Å². The van der Waals surface area contributed by atoms with Crippen molar-refractivity contribution in [2.45, 2.75) is 19.3 Å². The summed E-state index contributed by atoms with van der Waals surface area (Å²) in [5.74, 6) is 0.576. The van der Waals surface area contributed by atoms with Gasteiger partial charge in [0.25, 0.3) is 5.91 Å². The zero-order chi connectivity index (χ0) is 18.5. The molecule has 1 heterocycles. The summed E-state index contributed by atoms with van der Waals surface area (Å²) in [4.78, 5) is 14.9. The lowest BCUT2D eigenvalue weighted by Crippen LogP contribution is -2.34. The van der Waals surface area contributed by atoms with E-state index in [1.54, 1.807) is 24.3 Å². The molecule has 0 bridgehead atoms. The maximum atomic E-state index is 12.6. The van der Waals surface area contributed by atoms with Gasteiger partial charge in [-0.25, -0.2) is 0 Å². The summed E-state index contributed by atoms with van der Waals surface area (Å²) in [6.45, 7) is 1.97. The monoisotopic (exact) mass is 454 g/mol. The number of amides is 1. The number of piperidine rings is 1. The van der Waals surface area contributed by atoms with Crippen LogP contribution in [0.3, 0.4) is 0 Å². The number of carbonyl (C=O) groups is 1. The Morgan fingerprint density at radius 2 is 1.85 bits per heavy atom. The van der Waals surface area contributed by atoms with Crippen molar-refractivity contribution in [2.24, 2.45) is 5.92 Å². The highest BCUT2D eigenvalue weighted by Crippen LogP contribution is 2.33. The van der Waals surface area contributed by atoms with Crippen LogP contribution < -0.4 is 10.2 Å². The molecule has 0 aromatic heterocycles.